The lowest BCUT2D eigenvalue weighted by molar-refractivity contribution is -0.133. The zero-order chi connectivity index (χ0) is 11.0. The van der Waals surface area contributed by atoms with Gasteiger partial charge in [0.1, 0.15) is 0 Å². The minimum Gasteiger partial charge on any atom is -0.341 e. The number of nitrogens with one attached hydrogen (secondary N) is 1. The van der Waals surface area contributed by atoms with Gasteiger partial charge >= 0.3 is 0 Å². The second-order valence-electron chi connectivity index (χ2n) is 5.70. The van der Waals surface area contributed by atoms with Crippen LogP contribution in [0.15, 0.2) is 0 Å². The van der Waals surface area contributed by atoms with Crippen LogP contribution in [-0.2, 0) is 4.79 Å². The Morgan fingerprint density at radius 2 is 1.71 bits per heavy atom. The van der Waals surface area contributed by atoms with Gasteiger partial charge in [-0.1, -0.05) is 12.8 Å². The summed E-state index contributed by atoms with van der Waals surface area (Å²) >= 11 is 0. The molecule has 2 aliphatic heterocycles. The molecule has 1 N–H and O–H groups in total. The molecule has 3 aliphatic rings. The van der Waals surface area contributed by atoms with Crippen molar-refractivity contribution in [1.29, 1.82) is 0 Å². The Morgan fingerprint density at radius 1 is 1.00 bits per heavy atom. The van der Waals surface area contributed by atoms with Crippen molar-refractivity contribution >= 4 is 18.3 Å². The van der Waals surface area contributed by atoms with Gasteiger partial charge in [-0.15, -0.1) is 12.4 Å². The van der Waals surface area contributed by atoms with E-state index in [9.17, 15) is 4.79 Å². The van der Waals surface area contributed by atoms with Crippen LogP contribution in [0, 0.1) is 11.8 Å². The average Bonchev–Trinajstić information content (AvgIpc) is 2.89. The molecule has 0 aromatic rings. The van der Waals surface area contributed by atoms with Crippen molar-refractivity contribution in [2.24, 2.45) is 11.8 Å². The van der Waals surface area contributed by atoms with Crippen LogP contribution < -0.4 is 5.32 Å². The molecule has 98 valence electrons. The molecule has 4 heteroatoms. The van der Waals surface area contributed by atoms with Crippen molar-refractivity contribution in [3.63, 3.8) is 0 Å². The molecule has 17 heavy (non-hydrogen) atoms. The number of fused-ring (bicyclic) bond motifs is 1. The van der Waals surface area contributed by atoms with Crippen molar-refractivity contribution in [2.75, 3.05) is 19.6 Å². The molecule has 1 amide bonds. The molecule has 2 saturated heterocycles. The third-order valence-electron chi connectivity index (χ3n) is 4.65. The van der Waals surface area contributed by atoms with E-state index in [4.69, 9.17) is 0 Å². The second kappa shape index (κ2) is 5.57. The summed E-state index contributed by atoms with van der Waals surface area (Å²) in [4.78, 5) is 14.4. The predicted octanol–water partition coefficient (Wildman–Crippen LogP) is 1.81. The monoisotopic (exact) mass is 258 g/mol. The van der Waals surface area contributed by atoms with Crippen molar-refractivity contribution in [2.45, 2.75) is 44.6 Å². The van der Waals surface area contributed by atoms with Gasteiger partial charge in [0, 0.05) is 13.1 Å². The van der Waals surface area contributed by atoms with Crippen LogP contribution in [0.4, 0.5) is 0 Å². The maximum atomic E-state index is 12.3. The van der Waals surface area contributed by atoms with Crippen LogP contribution in [-0.4, -0.2) is 36.5 Å². The highest BCUT2D eigenvalue weighted by Gasteiger charge is 2.39. The van der Waals surface area contributed by atoms with Crippen molar-refractivity contribution in [3.8, 4) is 0 Å². The number of rotatable bonds is 1. The first-order valence-electron chi connectivity index (χ1n) is 6.87. The molecule has 3 unspecified atom stereocenters. The molecule has 2 heterocycles. The summed E-state index contributed by atoms with van der Waals surface area (Å²) in [5, 5.41) is 3.37. The van der Waals surface area contributed by atoms with E-state index < -0.39 is 0 Å². The lowest BCUT2D eigenvalue weighted by Gasteiger charge is -2.27. The van der Waals surface area contributed by atoms with E-state index in [1.54, 1.807) is 0 Å². The molecule has 0 radical (unpaired) electrons. The van der Waals surface area contributed by atoms with E-state index >= 15 is 0 Å². The first-order chi connectivity index (χ1) is 7.84. The second-order valence-corrected chi connectivity index (χ2v) is 5.70. The zero-order valence-electron chi connectivity index (χ0n) is 10.4. The Bertz CT molecular complexity index is 267. The summed E-state index contributed by atoms with van der Waals surface area (Å²) in [6.07, 6.45) is 7.59. The van der Waals surface area contributed by atoms with Gasteiger partial charge in [-0.05, 0) is 44.1 Å². The fraction of sp³-hybridized carbons (Fsp3) is 0.923. The molecule has 1 saturated carbocycles. The molecule has 3 fully saturated rings. The molecule has 3 rings (SSSR count). The minimum absolute atomic E-state index is 0. The first kappa shape index (κ1) is 13.2. The average molecular weight is 259 g/mol. The predicted molar refractivity (Wildman–Crippen MR) is 70.3 cm³/mol. The van der Waals surface area contributed by atoms with Crippen LogP contribution in [0.5, 0.6) is 0 Å². The van der Waals surface area contributed by atoms with Gasteiger partial charge in [0.15, 0.2) is 0 Å². The SMILES string of the molecule is Cl.O=C(C1CCCCN1)N1CC2CCCC2C1. The highest BCUT2D eigenvalue weighted by molar-refractivity contribution is 5.85. The maximum absolute atomic E-state index is 12.3. The van der Waals surface area contributed by atoms with Crippen LogP contribution in [0.2, 0.25) is 0 Å². The van der Waals surface area contributed by atoms with Gasteiger partial charge in [-0.2, -0.15) is 0 Å². The molecular formula is C13H23ClN2O. The van der Waals surface area contributed by atoms with Gasteiger partial charge in [-0.25, -0.2) is 0 Å². The van der Waals surface area contributed by atoms with Crippen molar-refractivity contribution < 1.29 is 4.79 Å². The fourth-order valence-corrected chi connectivity index (χ4v) is 3.70. The summed E-state index contributed by atoms with van der Waals surface area (Å²) in [6, 6.07) is 0.132. The van der Waals surface area contributed by atoms with Crippen LogP contribution in [0.3, 0.4) is 0 Å². The summed E-state index contributed by atoms with van der Waals surface area (Å²) in [6.45, 7) is 3.11. The normalized spacial score (nSPS) is 36.5. The standard InChI is InChI=1S/C13H22N2O.ClH/c16-13(12-6-1-2-7-14-12)15-8-10-4-3-5-11(10)9-15;/h10-12,14H,1-9H2;1H. The molecule has 0 aromatic heterocycles. The van der Waals surface area contributed by atoms with Crippen LogP contribution in [0.1, 0.15) is 38.5 Å². The Hall–Kier alpha value is -0.280. The Balaban J connectivity index is 0.00000108. The highest BCUT2D eigenvalue weighted by atomic mass is 35.5. The summed E-state index contributed by atoms with van der Waals surface area (Å²) < 4.78 is 0. The molecule has 0 aromatic carbocycles. The van der Waals surface area contributed by atoms with Crippen molar-refractivity contribution in [1.82, 2.24) is 10.2 Å². The molecule has 0 spiro atoms. The van der Waals surface area contributed by atoms with Gasteiger partial charge < -0.3 is 10.2 Å². The Morgan fingerprint density at radius 3 is 2.29 bits per heavy atom. The number of amides is 1. The summed E-state index contributed by atoms with van der Waals surface area (Å²) in [5.74, 6) is 2.04. The Kier molecular flexibility index (Phi) is 4.31. The highest BCUT2D eigenvalue weighted by Crippen LogP contribution is 2.38. The van der Waals surface area contributed by atoms with Gasteiger partial charge in [0.05, 0.1) is 6.04 Å². The van der Waals surface area contributed by atoms with E-state index in [1.165, 1.54) is 32.1 Å². The Labute approximate surface area is 110 Å². The third-order valence-corrected chi connectivity index (χ3v) is 4.65. The van der Waals surface area contributed by atoms with Gasteiger partial charge in [0.25, 0.3) is 0 Å². The molecular weight excluding hydrogens is 236 g/mol. The summed E-state index contributed by atoms with van der Waals surface area (Å²) in [5.41, 5.74) is 0. The van der Waals surface area contributed by atoms with E-state index in [1.807, 2.05) is 0 Å². The number of carbonyl (C=O) groups excluding carboxylic acids is 1. The quantitative estimate of drug-likeness (QED) is 0.778. The smallest absolute Gasteiger partial charge is 0.239 e. The lowest BCUT2D eigenvalue weighted by atomic mass is 10.0. The lowest BCUT2D eigenvalue weighted by Crippen LogP contribution is -2.48. The number of likely N-dealkylation sites (tertiary alicyclic amines) is 1. The van der Waals surface area contributed by atoms with Crippen molar-refractivity contribution in [3.05, 3.63) is 0 Å². The van der Waals surface area contributed by atoms with E-state index in [0.717, 1.165) is 37.9 Å². The number of nitrogens with zero attached hydrogens (tertiary/aromatic N) is 1. The molecule has 0 bridgehead atoms. The van der Waals surface area contributed by atoms with E-state index in [2.05, 4.69) is 10.2 Å². The topological polar surface area (TPSA) is 32.3 Å². The number of halogens is 1. The molecule has 1 aliphatic carbocycles. The third kappa shape index (κ3) is 2.60. The number of hydrogen-bond donors (Lipinski definition) is 1. The largest absolute Gasteiger partial charge is 0.341 e. The fourth-order valence-electron chi connectivity index (χ4n) is 3.70. The zero-order valence-corrected chi connectivity index (χ0v) is 11.2. The van der Waals surface area contributed by atoms with Gasteiger partial charge in [-0.3, -0.25) is 4.79 Å². The minimum atomic E-state index is 0. The molecule has 3 atom stereocenters. The van der Waals surface area contributed by atoms with E-state index in [0.29, 0.717) is 5.91 Å². The maximum Gasteiger partial charge on any atom is 0.239 e. The van der Waals surface area contributed by atoms with Gasteiger partial charge in [0.2, 0.25) is 5.91 Å². The summed E-state index contributed by atoms with van der Waals surface area (Å²) in [7, 11) is 0. The number of piperidine rings is 1. The molecule has 3 nitrogen and oxygen atoms in total. The van der Waals surface area contributed by atoms with Crippen LogP contribution in [0.25, 0.3) is 0 Å². The first-order valence-corrected chi connectivity index (χ1v) is 6.87. The van der Waals surface area contributed by atoms with Crippen LogP contribution >= 0.6 is 12.4 Å². The van der Waals surface area contributed by atoms with E-state index in [-0.39, 0.29) is 18.4 Å². The number of carbonyl (C=O) groups is 1. The number of hydrogen-bond acceptors (Lipinski definition) is 2.